The third-order valence-corrected chi connectivity index (χ3v) is 8.57. The molecule has 1 atom stereocenters. The molecule has 0 bridgehead atoms. The Morgan fingerprint density at radius 3 is 2.49 bits per heavy atom. The van der Waals surface area contributed by atoms with Crippen molar-refractivity contribution >= 4 is 16.6 Å². The van der Waals surface area contributed by atoms with Crippen LogP contribution in [0, 0.1) is 13.8 Å². The van der Waals surface area contributed by atoms with E-state index in [1.165, 1.54) is 24.8 Å². The van der Waals surface area contributed by atoms with Crippen LogP contribution in [0.2, 0.25) is 0 Å². The average molecular weight is 528 g/mol. The van der Waals surface area contributed by atoms with Crippen LogP contribution in [0.4, 0.5) is 5.69 Å². The molecule has 2 aromatic carbocycles. The highest BCUT2D eigenvalue weighted by Gasteiger charge is 2.34. The van der Waals surface area contributed by atoms with E-state index in [1.807, 2.05) is 22.9 Å². The van der Waals surface area contributed by atoms with Gasteiger partial charge in [0.05, 0.1) is 18.8 Å². The van der Waals surface area contributed by atoms with E-state index in [-0.39, 0.29) is 17.6 Å². The summed E-state index contributed by atoms with van der Waals surface area (Å²) in [6, 6.07) is 14.3. The zero-order chi connectivity index (χ0) is 26.9. The molecule has 9 heteroatoms. The fourth-order valence-corrected chi connectivity index (χ4v) is 6.27. The molecular formula is C30H37N7O2. The van der Waals surface area contributed by atoms with Crippen LogP contribution in [0.15, 0.2) is 47.3 Å². The molecule has 0 radical (unpaired) electrons. The number of methoxy groups -OCH3 is 1. The van der Waals surface area contributed by atoms with Gasteiger partial charge in [0, 0.05) is 37.3 Å². The molecule has 6 rings (SSSR count). The third-order valence-electron chi connectivity index (χ3n) is 8.57. The molecule has 1 saturated carbocycles. The fraction of sp³-hybridized carbons (Fsp3) is 0.467. The summed E-state index contributed by atoms with van der Waals surface area (Å²) in [5.41, 5.74) is 4.94. The van der Waals surface area contributed by atoms with Crippen molar-refractivity contribution in [1.82, 2.24) is 30.1 Å². The maximum atomic E-state index is 13.7. The number of H-pyrrole nitrogens is 1. The van der Waals surface area contributed by atoms with Crippen LogP contribution in [0.1, 0.15) is 66.7 Å². The van der Waals surface area contributed by atoms with Gasteiger partial charge in [-0.3, -0.25) is 9.69 Å². The number of fused-ring (bicyclic) bond motifs is 1. The third kappa shape index (κ3) is 4.91. The predicted molar refractivity (Wildman–Crippen MR) is 153 cm³/mol. The summed E-state index contributed by atoms with van der Waals surface area (Å²) in [6.45, 7) is 7.34. The summed E-state index contributed by atoms with van der Waals surface area (Å²) >= 11 is 0. The van der Waals surface area contributed by atoms with Crippen LogP contribution in [0.3, 0.4) is 0 Å². The van der Waals surface area contributed by atoms with Crippen LogP contribution in [0.25, 0.3) is 10.9 Å². The highest BCUT2D eigenvalue weighted by atomic mass is 16.5. The zero-order valence-corrected chi connectivity index (χ0v) is 23.1. The number of ether oxygens (including phenoxy) is 1. The Kier molecular flexibility index (Phi) is 7.08. The molecule has 1 N–H and O–H groups in total. The summed E-state index contributed by atoms with van der Waals surface area (Å²) in [6.07, 6.45) is 5.76. The second kappa shape index (κ2) is 10.8. The average Bonchev–Trinajstić information content (AvgIpc) is 3.45. The van der Waals surface area contributed by atoms with Crippen molar-refractivity contribution in [1.29, 1.82) is 0 Å². The molecule has 0 amide bonds. The summed E-state index contributed by atoms with van der Waals surface area (Å²) in [5.74, 6) is 1.64. The number of aromatic amines is 1. The number of para-hydroxylation sites is 2. The number of hydrogen-bond donors (Lipinski definition) is 1. The second-order valence-corrected chi connectivity index (χ2v) is 10.9. The van der Waals surface area contributed by atoms with Crippen LogP contribution in [0.5, 0.6) is 5.75 Å². The summed E-state index contributed by atoms with van der Waals surface area (Å²) in [4.78, 5) is 21.6. The van der Waals surface area contributed by atoms with Crippen molar-refractivity contribution in [2.24, 2.45) is 0 Å². The lowest BCUT2D eigenvalue weighted by atomic mass is 9.95. The van der Waals surface area contributed by atoms with Crippen molar-refractivity contribution in [2.75, 3.05) is 38.2 Å². The highest BCUT2D eigenvalue weighted by Crippen LogP contribution is 2.35. The van der Waals surface area contributed by atoms with E-state index in [2.05, 4.69) is 68.4 Å². The maximum absolute atomic E-state index is 13.7. The van der Waals surface area contributed by atoms with Gasteiger partial charge in [0.25, 0.3) is 5.56 Å². The Bertz CT molecular complexity index is 1510. The van der Waals surface area contributed by atoms with Crippen LogP contribution in [-0.4, -0.2) is 63.4 Å². The van der Waals surface area contributed by atoms with Gasteiger partial charge in [0.2, 0.25) is 0 Å². The lowest BCUT2D eigenvalue weighted by molar-refractivity contribution is 0.192. The van der Waals surface area contributed by atoms with E-state index >= 15 is 0 Å². The van der Waals surface area contributed by atoms with E-state index < -0.39 is 0 Å². The number of anilines is 1. The minimum atomic E-state index is -0.337. The molecule has 39 heavy (non-hydrogen) atoms. The lowest BCUT2D eigenvalue weighted by Gasteiger charge is -2.40. The molecule has 9 nitrogen and oxygen atoms in total. The Hall–Kier alpha value is -3.72. The summed E-state index contributed by atoms with van der Waals surface area (Å²) in [7, 11) is 1.71. The minimum absolute atomic E-state index is 0.0823. The molecule has 2 fully saturated rings. The van der Waals surface area contributed by atoms with Crippen LogP contribution >= 0.6 is 0 Å². The first-order chi connectivity index (χ1) is 19.0. The Balaban J connectivity index is 1.39. The number of nitrogens with one attached hydrogen (secondary N) is 1. The molecular weight excluding hydrogens is 490 g/mol. The van der Waals surface area contributed by atoms with Crippen molar-refractivity contribution in [2.45, 2.75) is 58.0 Å². The number of hydrogen-bond acceptors (Lipinski definition) is 7. The maximum Gasteiger partial charge on any atom is 0.253 e. The number of aromatic nitrogens is 5. The first-order valence-corrected chi connectivity index (χ1v) is 14.1. The van der Waals surface area contributed by atoms with Crippen LogP contribution in [-0.2, 0) is 0 Å². The Morgan fingerprint density at radius 2 is 1.72 bits per heavy atom. The van der Waals surface area contributed by atoms with E-state index in [1.54, 1.807) is 7.11 Å². The minimum Gasteiger partial charge on any atom is -0.495 e. The van der Waals surface area contributed by atoms with Crippen molar-refractivity contribution < 1.29 is 4.74 Å². The largest absolute Gasteiger partial charge is 0.495 e. The van der Waals surface area contributed by atoms with Crippen LogP contribution < -0.4 is 15.2 Å². The number of rotatable bonds is 6. The lowest BCUT2D eigenvalue weighted by Crippen LogP contribution is -2.49. The van der Waals surface area contributed by atoms with E-state index in [9.17, 15) is 4.79 Å². The highest BCUT2D eigenvalue weighted by molar-refractivity contribution is 5.81. The second-order valence-electron chi connectivity index (χ2n) is 10.9. The van der Waals surface area contributed by atoms with Gasteiger partial charge in [-0.15, -0.1) is 5.10 Å². The molecule has 3 heterocycles. The summed E-state index contributed by atoms with van der Waals surface area (Å²) in [5, 5.41) is 14.2. The van der Waals surface area contributed by atoms with E-state index in [0.717, 1.165) is 72.7 Å². The van der Waals surface area contributed by atoms with E-state index in [4.69, 9.17) is 4.74 Å². The zero-order valence-electron chi connectivity index (χ0n) is 23.1. The van der Waals surface area contributed by atoms with Gasteiger partial charge in [-0.05, 0) is 84.0 Å². The van der Waals surface area contributed by atoms with Crippen molar-refractivity contribution in [3.63, 3.8) is 0 Å². The van der Waals surface area contributed by atoms with Gasteiger partial charge in [-0.2, -0.15) is 0 Å². The molecule has 4 aromatic rings. The number of aryl methyl sites for hydroxylation is 2. The molecule has 2 aromatic heterocycles. The van der Waals surface area contributed by atoms with Gasteiger partial charge in [-0.25, -0.2) is 4.68 Å². The topological polar surface area (TPSA) is 92.2 Å². The Morgan fingerprint density at radius 1 is 0.974 bits per heavy atom. The van der Waals surface area contributed by atoms with Gasteiger partial charge in [0.15, 0.2) is 5.82 Å². The van der Waals surface area contributed by atoms with Gasteiger partial charge in [-0.1, -0.05) is 31.4 Å². The number of pyridine rings is 1. The number of nitrogens with zero attached hydrogens (tertiary/aromatic N) is 6. The van der Waals surface area contributed by atoms with Crippen molar-refractivity contribution in [3.8, 4) is 5.75 Å². The number of tetrazole rings is 1. The SMILES string of the molecule is COc1ccccc1N1CCN(C(c2cc3cc(C)c(C)cc3[nH]c2=O)c2nnnn2C2CCCCC2)CC1. The van der Waals surface area contributed by atoms with Gasteiger partial charge in [0.1, 0.15) is 11.8 Å². The summed E-state index contributed by atoms with van der Waals surface area (Å²) < 4.78 is 7.64. The monoisotopic (exact) mass is 527 g/mol. The number of piperazine rings is 1. The number of benzene rings is 2. The van der Waals surface area contributed by atoms with E-state index in [0.29, 0.717) is 5.56 Å². The quantitative estimate of drug-likeness (QED) is 0.393. The first kappa shape index (κ1) is 25.6. The first-order valence-electron chi connectivity index (χ1n) is 14.1. The molecule has 1 unspecified atom stereocenters. The molecule has 0 spiro atoms. The van der Waals surface area contributed by atoms with Crippen molar-refractivity contribution in [3.05, 3.63) is 75.3 Å². The standard InChI is InChI=1S/C30H37N7O2/c1-20-17-22-19-24(30(38)31-25(22)18-21(20)2)28(29-32-33-34-37(29)23-9-5-4-6-10-23)36-15-13-35(14-16-36)26-11-7-8-12-27(26)39-3/h7-8,11-12,17-19,23,28H,4-6,9-10,13-16H2,1-3H3,(H,31,38). The fourth-order valence-electron chi connectivity index (χ4n) is 6.27. The predicted octanol–water partition coefficient (Wildman–Crippen LogP) is 4.56. The van der Waals surface area contributed by atoms with Gasteiger partial charge >= 0.3 is 0 Å². The molecule has 1 aliphatic heterocycles. The Labute approximate surface area is 228 Å². The molecule has 204 valence electrons. The van der Waals surface area contributed by atoms with Gasteiger partial charge < -0.3 is 14.6 Å². The smallest absolute Gasteiger partial charge is 0.253 e. The molecule has 1 saturated heterocycles. The molecule has 1 aliphatic carbocycles. The normalized spacial score (nSPS) is 18.0. The molecule has 2 aliphatic rings.